The average Bonchev–Trinajstić information content (AvgIpc) is 2.49. The van der Waals surface area contributed by atoms with E-state index >= 15 is 0 Å². The number of phenols is 1. The zero-order valence-corrected chi connectivity index (χ0v) is 13.8. The number of ketones is 1. The van der Waals surface area contributed by atoms with Crippen LogP contribution in [0.2, 0.25) is 0 Å². The van der Waals surface area contributed by atoms with Gasteiger partial charge < -0.3 is 10.0 Å². The number of rotatable bonds is 1. The van der Waals surface area contributed by atoms with Crippen LogP contribution in [0, 0.1) is 5.92 Å². The van der Waals surface area contributed by atoms with Crippen molar-refractivity contribution in [3.05, 3.63) is 27.7 Å². The van der Waals surface area contributed by atoms with E-state index in [0.717, 1.165) is 36.8 Å². The van der Waals surface area contributed by atoms with Crippen molar-refractivity contribution < 1.29 is 14.7 Å². The molecule has 1 heterocycles. The fourth-order valence-electron chi connectivity index (χ4n) is 5.00. The summed E-state index contributed by atoms with van der Waals surface area (Å²) in [5.41, 5.74) is 2.10. The van der Waals surface area contributed by atoms with Crippen molar-refractivity contribution in [2.24, 2.45) is 5.92 Å². The normalized spacial score (nSPS) is 33.1. The molecule has 4 nitrogen and oxygen atoms in total. The number of aromatic hydroxyl groups is 1. The number of nitrogens with zero attached hydrogens (tertiary/aromatic N) is 1. The zero-order valence-electron chi connectivity index (χ0n) is 12.2. The molecule has 2 aliphatic carbocycles. The highest BCUT2D eigenvalue weighted by Crippen LogP contribution is 2.55. The lowest BCUT2D eigenvalue weighted by Crippen LogP contribution is -2.61. The van der Waals surface area contributed by atoms with E-state index in [4.69, 9.17) is 0 Å². The highest BCUT2D eigenvalue weighted by Gasteiger charge is 2.55. The maximum atomic E-state index is 12.2. The Morgan fingerprint density at radius 3 is 3.00 bits per heavy atom. The fourth-order valence-corrected chi connectivity index (χ4v) is 5.40. The molecular weight excluding hydrogens is 346 g/mol. The van der Waals surface area contributed by atoms with Gasteiger partial charge in [0.1, 0.15) is 11.5 Å². The molecule has 1 aromatic carbocycles. The van der Waals surface area contributed by atoms with Gasteiger partial charge in [-0.1, -0.05) is 0 Å². The van der Waals surface area contributed by atoms with Crippen LogP contribution >= 0.6 is 15.9 Å². The van der Waals surface area contributed by atoms with Crippen LogP contribution < -0.4 is 0 Å². The molecule has 0 radical (unpaired) electrons. The van der Waals surface area contributed by atoms with E-state index in [1.54, 1.807) is 0 Å². The molecule has 1 aliphatic heterocycles. The van der Waals surface area contributed by atoms with Crippen molar-refractivity contribution in [2.75, 3.05) is 6.54 Å². The molecule has 116 valence electrons. The third kappa shape index (κ3) is 1.81. The summed E-state index contributed by atoms with van der Waals surface area (Å²) in [6.07, 6.45) is 4.61. The van der Waals surface area contributed by atoms with Crippen molar-refractivity contribution in [2.45, 2.75) is 43.6 Å². The van der Waals surface area contributed by atoms with Gasteiger partial charge in [0.05, 0.1) is 4.47 Å². The van der Waals surface area contributed by atoms with Crippen molar-refractivity contribution in [3.8, 4) is 5.75 Å². The van der Waals surface area contributed by atoms with Crippen LogP contribution in [0.3, 0.4) is 0 Å². The first-order valence-electron chi connectivity index (χ1n) is 7.80. The molecule has 1 saturated carbocycles. The van der Waals surface area contributed by atoms with Crippen molar-refractivity contribution in [1.82, 2.24) is 4.90 Å². The second-order valence-electron chi connectivity index (χ2n) is 6.84. The molecule has 2 fully saturated rings. The molecule has 22 heavy (non-hydrogen) atoms. The first-order chi connectivity index (χ1) is 10.5. The van der Waals surface area contributed by atoms with Crippen molar-refractivity contribution in [3.63, 3.8) is 0 Å². The van der Waals surface area contributed by atoms with Crippen LogP contribution in [-0.2, 0) is 21.4 Å². The average molecular weight is 364 g/mol. The molecule has 0 spiro atoms. The van der Waals surface area contributed by atoms with Gasteiger partial charge in [-0.3, -0.25) is 9.59 Å². The summed E-state index contributed by atoms with van der Waals surface area (Å²) in [6.45, 7) is 0.703. The Hall–Kier alpha value is -1.36. The summed E-state index contributed by atoms with van der Waals surface area (Å²) >= 11 is 3.38. The fraction of sp³-hybridized carbons (Fsp3) is 0.529. The summed E-state index contributed by atoms with van der Waals surface area (Å²) in [5, 5.41) is 10.1. The molecule has 1 saturated heterocycles. The predicted molar refractivity (Wildman–Crippen MR) is 84.7 cm³/mol. The number of carbonyl (C=O) groups is 2. The molecule has 1 amide bonds. The predicted octanol–water partition coefficient (Wildman–Crippen LogP) is 2.55. The number of benzene rings is 1. The summed E-state index contributed by atoms with van der Waals surface area (Å²) in [7, 11) is 0. The molecule has 3 unspecified atom stereocenters. The Morgan fingerprint density at radius 2 is 2.23 bits per heavy atom. The third-order valence-corrected chi connectivity index (χ3v) is 6.57. The Labute approximate surface area is 137 Å². The number of carbonyl (C=O) groups excluding carboxylic acids is 2. The molecule has 1 aromatic rings. The van der Waals surface area contributed by atoms with Gasteiger partial charge >= 0.3 is 0 Å². The molecular formula is C17H18BrNO3. The van der Waals surface area contributed by atoms with Gasteiger partial charge in [-0.15, -0.1) is 0 Å². The summed E-state index contributed by atoms with van der Waals surface area (Å²) in [5.74, 6) is 0.878. The van der Waals surface area contributed by atoms with E-state index in [2.05, 4.69) is 15.9 Å². The van der Waals surface area contributed by atoms with Gasteiger partial charge in [0.2, 0.25) is 6.41 Å². The quantitative estimate of drug-likeness (QED) is 0.780. The molecule has 1 N–H and O–H groups in total. The first-order valence-corrected chi connectivity index (χ1v) is 8.59. The Balaban J connectivity index is 1.92. The molecule has 4 rings (SSSR count). The van der Waals surface area contributed by atoms with E-state index < -0.39 is 0 Å². The van der Waals surface area contributed by atoms with Crippen LogP contribution in [0.1, 0.15) is 36.8 Å². The van der Waals surface area contributed by atoms with Gasteiger partial charge in [0.25, 0.3) is 0 Å². The van der Waals surface area contributed by atoms with Gasteiger partial charge in [-0.2, -0.15) is 0 Å². The smallest absolute Gasteiger partial charge is 0.209 e. The van der Waals surface area contributed by atoms with E-state index in [0.29, 0.717) is 35.6 Å². The highest BCUT2D eigenvalue weighted by atomic mass is 79.9. The number of fused-ring (bicyclic) bond motifs is 1. The minimum absolute atomic E-state index is 0.184. The lowest BCUT2D eigenvalue weighted by Gasteiger charge is -2.57. The number of Topliss-reactive ketones (excluding diaryl/α,β-unsaturated/α-hetero) is 1. The summed E-state index contributed by atoms with van der Waals surface area (Å²) in [6, 6.07) is 3.99. The van der Waals surface area contributed by atoms with Gasteiger partial charge in [-0.05, 0) is 64.4 Å². The number of phenolic OH excluding ortho intramolecular Hbond substituents is 1. The highest BCUT2D eigenvalue weighted by molar-refractivity contribution is 9.10. The Morgan fingerprint density at radius 1 is 1.41 bits per heavy atom. The first kappa shape index (κ1) is 14.2. The summed E-state index contributed by atoms with van der Waals surface area (Å²) < 4.78 is 0.680. The Bertz CT molecular complexity index is 674. The van der Waals surface area contributed by atoms with Crippen LogP contribution in [0.15, 0.2) is 16.6 Å². The number of piperidine rings is 1. The molecule has 3 aliphatic rings. The molecule has 3 atom stereocenters. The monoisotopic (exact) mass is 363 g/mol. The number of likely N-dealkylation sites (tertiary alicyclic amines) is 1. The topological polar surface area (TPSA) is 57.6 Å². The largest absolute Gasteiger partial charge is 0.507 e. The van der Waals surface area contributed by atoms with Gasteiger partial charge in [0, 0.05) is 30.8 Å². The van der Waals surface area contributed by atoms with Crippen LogP contribution in [0.5, 0.6) is 5.75 Å². The van der Waals surface area contributed by atoms with Crippen molar-refractivity contribution in [1.29, 1.82) is 0 Å². The molecule has 0 aromatic heterocycles. The summed E-state index contributed by atoms with van der Waals surface area (Å²) in [4.78, 5) is 25.5. The van der Waals surface area contributed by atoms with E-state index in [1.807, 2.05) is 17.0 Å². The van der Waals surface area contributed by atoms with Crippen LogP contribution in [-0.4, -0.2) is 34.8 Å². The lowest BCUT2D eigenvalue weighted by atomic mass is 9.52. The number of halogens is 1. The third-order valence-electron chi connectivity index (χ3n) is 5.94. The SMILES string of the molecule is O=CN1CCC23CC(=O)CCC2C1Cc1cc(Br)c(O)cc13. The molecule has 5 heteroatoms. The number of amides is 1. The van der Waals surface area contributed by atoms with Crippen molar-refractivity contribution >= 4 is 28.1 Å². The minimum Gasteiger partial charge on any atom is -0.507 e. The second-order valence-corrected chi connectivity index (χ2v) is 7.70. The Kier molecular flexibility index (Phi) is 3.12. The van der Waals surface area contributed by atoms with Crippen LogP contribution in [0.4, 0.5) is 0 Å². The number of hydrogen-bond donors (Lipinski definition) is 1. The minimum atomic E-state index is -0.189. The van der Waals surface area contributed by atoms with E-state index in [9.17, 15) is 14.7 Å². The zero-order chi connectivity index (χ0) is 15.5. The standard InChI is InChI=1S/C17H18BrNO3/c18-14-5-10-6-15-12-2-1-11(21)8-17(12,3-4-19(15)9-20)13(10)7-16(14)22/h5,7,9,12,15,22H,1-4,6,8H2. The van der Waals surface area contributed by atoms with Crippen LogP contribution in [0.25, 0.3) is 0 Å². The van der Waals surface area contributed by atoms with Gasteiger partial charge in [-0.25, -0.2) is 0 Å². The maximum Gasteiger partial charge on any atom is 0.209 e. The number of hydrogen-bond acceptors (Lipinski definition) is 3. The maximum absolute atomic E-state index is 12.2. The molecule has 2 bridgehead atoms. The van der Waals surface area contributed by atoms with E-state index in [1.165, 1.54) is 0 Å². The van der Waals surface area contributed by atoms with E-state index in [-0.39, 0.29) is 17.2 Å². The lowest BCUT2D eigenvalue weighted by molar-refractivity contribution is -0.132. The second kappa shape index (κ2) is 4.82. The van der Waals surface area contributed by atoms with Gasteiger partial charge in [0.15, 0.2) is 0 Å².